The Morgan fingerprint density at radius 3 is 2.67 bits per heavy atom. The van der Waals surface area contributed by atoms with Crippen LogP contribution in [-0.4, -0.2) is 44.6 Å². The molecular weight excluding hydrogens is 266 g/mol. The molecule has 0 fully saturated rings. The predicted molar refractivity (Wildman–Crippen MR) is 78.4 cm³/mol. The Labute approximate surface area is 124 Å². The van der Waals surface area contributed by atoms with Crippen LogP contribution in [0, 0.1) is 0 Å². The number of carbonyl (C=O) groups excluding carboxylic acids is 1. The summed E-state index contributed by atoms with van der Waals surface area (Å²) < 4.78 is 1.83. The van der Waals surface area contributed by atoms with E-state index in [4.69, 9.17) is 0 Å². The SMILES string of the molecule is CN(C)C(=O)c1nn(C)c2c1CN(Cc1ccncc1)C2. The molecule has 0 aliphatic carbocycles. The fourth-order valence-corrected chi connectivity index (χ4v) is 2.70. The van der Waals surface area contributed by atoms with Crippen molar-refractivity contribution in [2.24, 2.45) is 7.05 Å². The summed E-state index contributed by atoms with van der Waals surface area (Å²) in [6, 6.07) is 4.04. The van der Waals surface area contributed by atoms with E-state index in [-0.39, 0.29) is 5.91 Å². The van der Waals surface area contributed by atoms with Crippen LogP contribution >= 0.6 is 0 Å². The molecule has 6 heteroatoms. The van der Waals surface area contributed by atoms with Crippen molar-refractivity contribution in [3.05, 3.63) is 47.0 Å². The Kier molecular flexibility index (Phi) is 3.47. The first-order valence-electron chi connectivity index (χ1n) is 6.94. The number of fused-ring (bicyclic) bond motifs is 1. The molecule has 1 aliphatic heterocycles. The highest BCUT2D eigenvalue weighted by Gasteiger charge is 2.30. The number of carbonyl (C=O) groups is 1. The normalized spacial score (nSPS) is 14.2. The van der Waals surface area contributed by atoms with E-state index in [0.29, 0.717) is 5.69 Å². The van der Waals surface area contributed by atoms with Crippen molar-refractivity contribution in [3.63, 3.8) is 0 Å². The average Bonchev–Trinajstić information content (AvgIpc) is 3.00. The van der Waals surface area contributed by atoms with Gasteiger partial charge in [0, 0.05) is 58.7 Å². The van der Waals surface area contributed by atoms with E-state index >= 15 is 0 Å². The summed E-state index contributed by atoms with van der Waals surface area (Å²) in [5, 5.41) is 4.38. The Morgan fingerprint density at radius 1 is 1.29 bits per heavy atom. The number of pyridine rings is 1. The largest absolute Gasteiger partial charge is 0.343 e. The molecule has 2 aromatic heterocycles. The van der Waals surface area contributed by atoms with Gasteiger partial charge in [-0.3, -0.25) is 19.4 Å². The third-order valence-corrected chi connectivity index (χ3v) is 3.79. The molecule has 3 heterocycles. The molecule has 0 unspecified atom stereocenters. The van der Waals surface area contributed by atoms with Crippen LogP contribution in [-0.2, 0) is 26.7 Å². The number of rotatable bonds is 3. The Hall–Kier alpha value is -2.21. The van der Waals surface area contributed by atoms with Crippen LogP contribution in [0.5, 0.6) is 0 Å². The number of aromatic nitrogens is 3. The van der Waals surface area contributed by atoms with Crippen molar-refractivity contribution >= 4 is 5.91 Å². The highest BCUT2D eigenvalue weighted by molar-refractivity contribution is 5.93. The first-order valence-corrected chi connectivity index (χ1v) is 6.94. The van der Waals surface area contributed by atoms with Crippen LogP contribution in [0.4, 0.5) is 0 Å². The molecule has 0 bridgehead atoms. The van der Waals surface area contributed by atoms with Crippen molar-refractivity contribution in [1.29, 1.82) is 0 Å². The molecule has 1 amide bonds. The van der Waals surface area contributed by atoms with Crippen LogP contribution in [0.1, 0.15) is 27.3 Å². The smallest absolute Gasteiger partial charge is 0.274 e. The third-order valence-electron chi connectivity index (χ3n) is 3.79. The van der Waals surface area contributed by atoms with Gasteiger partial charge in [-0.15, -0.1) is 0 Å². The van der Waals surface area contributed by atoms with Gasteiger partial charge in [0.05, 0.1) is 5.69 Å². The summed E-state index contributed by atoms with van der Waals surface area (Å²) in [5.74, 6) is -0.0300. The lowest BCUT2D eigenvalue weighted by atomic mass is 10.2. The molecule has 6 nitrogen and oxygen atoms in total. The minimum absolute atomic E-state index is 0.0300. The molecule has 0 radical (unpaired) electrons. The number of amides is 1. The molecule has 0 aromatic carbocycles. The van der Waals surface area contributed by atoms with Crippen molar-refractivity contribution in [2.45, 2.75) is 19.6 Å². The summed E-state index contributed by atoms with van der Waals surface area (Å²) >= 11 is 0. The van der Waals surface area contributed by atoms with Crippen LogP contribution in [0.15, 0.2) is 24.5 Å². The lowest BCUT2D eigenvalue weighted by molar-refractivity contribution is 0.0819. The average molecular weight is 285 g/mol. The first-order chi connectivity index (χ1) is 10.1. The Balaban J connectivity index is 1.81. The third kappa shape index (κ3) is 2.54. The number of hydrogen-bond donors (Lipinski definition) is 0. The quantitative estimate of drug-likeness (QED) is 0.845. The van der Waals surface area contributed by atoms with Crippen molar-refractivity contribution in [1.82, 2.24) is 24.6 Å². The van der Waals surface area contributed by atoms with Gasteiger partial charge in [-0.1, -0.05) is 0 Å². The second-order valence-corrected chi connectivity index (χ2v) is 5.60. The first kappa shape index (κ1) is 13.8. The molecule has 0 saturated heterocycles. The van der Waals surface area contributed by atoms with Gasteiger partial charge < -0.3 is 4.90 Å². The standard InChI is InChI=1S/C15H19N5O/c1-18(2)15(21)14-12-9-20(10-13(12)19(3)17-14)8-11-4-6-16-7-5-11/h4-7H,8-10H2,1-3H3. The highest BCUT2D eigenvalue weighted by Crippen LogP contribution is 2.27. The number of aryl methyl sites for hydroxylation is 1. The lowest BCUT2D eigenvalue weighted by Crippen LogP contribution is -2.24. The van der Waals surface area contributed by atoms with Gasteiger partial charge in [0.2, 0.25) is 0 Å². The zero-order valence-corrected chi connectivity index (χ0v) is 12.6. The van der Waals surface area contributed by atoms with E-state index in [2.05, 4.69) is 15.0 Å². The minimum atomic E-state index is -0.0300. The summed E-state index contributed by atoms with van der Waals surface area (Å²) in [7, 11) is 5.42. The second-order valence-electron chi connectivity index (χ2n) is 5.60. The molecule has 0 saturated carbocycles. The topological polar surface area (TPSA) is 54.3 Å². The van der Waals surface area contributed by atoms with Gasteiger partial charge in [-0.25, -0.2) is 0 Å². The van der Waals surface area contributed by atoms with Crippen molar-refractivity contribution in [2.75, 3.05) is 14.1 Å². The van der Waals surface area contributed by atoms with Gasteiger partial charge in [0.1, 0.15) is 0 Å². The summed E-state index contributed by atoms with van der Waals surface area (Å²) in [6.07, 6.45) is 3.61. The van der Waals surface area contributed by atoms with E-state index in [1.165, 1.54) is 5.56 Å². The van der Waals surface area contributed by atoms with Gasteiger partial charge in [0.15, 0.2) is 5.69 Å². The van der Waals surface area contributed by atoms with Gasteiger partial charge in [-0.05, 0) is 17.7 Å². The fourth-order valence-electron chi connectivity index (χ4n) is 2.70. The molecule has 0 spiro atoms. The number of nitrogens with zero attached hydrogens (tertiary/aromatic N) is 5. The van der Waals surface area contributed by atoms with E-state index in [0.717, 1.165) is 30.9 Å². The zero-order chi connectivity index (χ0) is 15.0. The van der Waals surface area contributed by atoms with Crippen LogP contribution in [0.2, 0.25) is 0 Å². The maximum absolute atomic E-state index is 12.2. The van der Waals surface area contributed by atoms with E-state index in [1.54, 1.807) is 31.4 Å². The van der Waals surface area contributed by atoms with Gasteiger partial charge >= 0.3 is 0 Å². The summed E-state index contributed by atoms with van der Waals surface area (Å²) in [5.41, 5.74) is 4.00. The molecule has 110 valence electrons. The van der Waals surface area contributed by atoms with Crippen LogP contribution in [0.25, 0.3) is 0 Å². The fraction of sp³-hybridized carbons (Fsp3) is 0.400. The highest BCUT2D eigenvalue weighted by atomic mass is 16.2. The molecule has 21 heavy (non-hydrogen) atoms. The second kappa shape index (κ2) is 5.29. The zero-order valence-electron chi connectivity index (χ0n) is 12.6. The van der Waals surface area contributed by atoms with E-state index < -0.39 is 0 Å². The number of hydrogen-bond acceptors (Lipinski definition) is 4. The molecule has 3 rings (SSSR count). The van der Waals surface area contributed by atoms with Crippen LogP contribution in [0.3, 0.4) is 0 Å². The lowest BCUT2D eigenvalue weighted by Gasteiger charge is -2.16. The summed E-state index contributed by atoms with van der Waals surface area (Å²) in [6.45, 7) is 2.44. The van der Waals surface area contributed by atoms with E-state index in [1.807, 2.05) is 23.9 Å². The molecule has 1 aliphatic rings. The molecule has 0 atom stereocenters. The van der Waals surface area contributed by atoms with E-state index in [9.17, 15) is 4.79 Å². The summed E-state index contributed by atoms with van der Waals surface area (Å²) in [4.78, 5) is 20.1. The monoisotopic (exact) mass is 285 g/mol. The maximum atomic E-state index is 12.2. The van der Waals surface area contributed by atoms with Crippen molar-refractivity contribution in [3.8, 4) is 0 Å². The minimum Gasteiger partial charge on any atom is -0.343 e. The van der Waals surface area contributed by atoms with Crippen LogP contribution < -0.4 is 0 Å². The molecular formula is C15H19N5O. The Morgan fingerprint density at radius 2 is 2.00 bits per heavy atom. The Bertz CT molecular complexity index is 662. The van der Waals surface area contributed by atoms with Crippen molar-refractivity contribution < 1.29 is 4.79 Å². The molecule has 0 N–H and O–H groups in total. The van der Waals surface area contributed by atoms with Gasteiger partial charge in [-0.2, -0.15) is 5.10 Å². The predicted octanol–water partition coefficient (Wildman–Crippen LogP) is 1.03. The maximum Gasteiger partial charge on any atom is 0.274 e. The van der Waals surface area contributed by atoms with Gasteiger partial charge in [0.25, 0.3) is 5.91 Å². The molecule has 2 aromatic rings.